The molecule has 0 aliphatic heterocycles. The van der Waals surface area contributed by atoms with E-state index in [4.69, 9.17) is 11.6 Å². The molecule has 1 aromatic carbocycles. The van der Waals surface area contributed by atoms with E-state index in [0.29, 0.717) is 29.0 Å². The SMILES string of the molecule is CCCC[n+]1c(C(F)(F)F)n(C)c2cc(Cl)ccc21.COS(=O)(=O)[O-]. The summed E-state index contributed by atoms with van der Waals surface area (Å²) in [7, 11) is -2.18. The highest BCUT2D eigenvalue weighted by Gasteiger charge is 2.46. The van der Waals surface area contributed by atoms with E-state index in [0.717, 1.165) is 18.1 Å². The van der Waals surface area contributed by atoms with Crippen LogP contribution in [0.25, 0.3) is 11.0 Å². The normalized spacial score (nSPS) is 12.2. The zero-order chi connectivity index (χ0) is 19.4. The Hall–Kier alpha value is -1.36. The summed E-state index contributed by atoms with van der Waals surface area (Å²) in [5, 5.41) is 0.435. The Morgan fingerprint density at radius 3 is 2.36 bits per heavy atom. The van der Waals surface area contributed by atoms with Crippen LogP contribution in [0.15, 0.2) is 18.2 Å². The fourth-order valence-corrected chi connectivity index (χ4v) is 2.45. The Morgan fingerprint density at radius 1 is 1.36 bits per heavy atom. The molecule has 1 heterocycles. The molecule has 0 unspecified atom stereocenters. The molecule has 142 valence electrons. The third-order valence-corrected chi connectivity index (χ3v) is 4.00. The van der Waals surface area contributed by atoms with E-state index in [1.807, 2.05) is 6.92 Å². The first-order chi connectivity index (χ1) is 11.4. The number of fused-ring (bicyclic) bond motifs is 1. The standard InChI is InChI=1S/C13H15ClF3N2.CH4O4S/c1-3-4-7-19-10-6-5-9(14)8-11(10)18(2)12(19)13(15,16)17;1-5-6(2,3)4/h5-6,8H,3-4,7H2,1-2H3;1H3,(H,2,3,4)/q+1;/p-1. The van der Waals surface area contributed by atoms with Gasteiger partial charge in [0.25, 0.3) is 0 Å². The first-order valence-electron chi connectivity index (χ1n) is 7.18. The number of unbranched alkanes of at least 4 members (excludes halogenated alkanes) is 1. The summed E-state index contributed by atoms with van der Waals surface area (Å²) >= 11 is 5.87. The second-order valence-corrected chi connectivity index (χ2v) is 6.68. The minimum Gasteiger partial charge on any atom is -0.726 e. The van der Waals surface area contributed by atoms with Crippen molar-refractivity contribution in [1.82, 2.24) is 4.57 Å². The molecule has 0 aliphatic rings. The van der Waals surface area contributed by atoms with Gasteiger partial charge in [-0.05, 0) is 18.6 Å². The summed E-state index contributed by atoms with van der Waals surface area (Å²) in [4.78, 5) is 0. The number of benzene rings is 1. The Kier molecular flexibility index (Phi) is 7.24. The van der Waals surface area contributed by atoms with Gasteiger partial charge in [0.2, 0.25) is 10.4 Å². The minimum absolute atomic E-state index is 0.352. The van der Waals surface area contributed by atoms with Gasteiger partial charge in [-0.25, -0.2) is 17.6 Å². The molecule has 0 fully saturated rings. The molecule has 25 heavy (non-hydrogen) atoms. The maximum Gasteiger partial charge on any atom is 0.495 e. The molecule has 0 saturated carbocycles. The Morgan fingerprint density at radius 2 is 1.92 bits per heavy atom. The average Bonchev–Trinajstić information content (AvgIpc) is 2.77. The second-order valence-electron chi connectivity index (χ2n) is 5.09. The molecule has 0 N–H and O–H groups in total. The molecular weight excluding hydrogens is 385 g/mol. The Balaban J connectivity index is 0.000000450. The highest BCUT2D eigenvalue weighted by Crippen LogP contribution is 2.30. The molecule has 0 radical (unpaired) electrons. The van der Waals surface area contributed by atoms with E-state index in [1.165, 1.54) is 11.6 Å². The highest BCUT2D eigenvalue weighted by molar-refractivity contribution is 7.80. The quantitative estimate of drug-likeness (QED) is 0.447. The lowest BCUT2D eigenvalue weighted by atomic mass is 10.3. The van der Waals surface area contributed by atoms with Gasteiger partial charge in [-0.3, -0.25) is 4.18 Å². The van der Waals surface area contributed by atoms with Crippen molar-refractivity contribution >= 4 is 33.0 Å². The van der Waals surface area contributed by atoms with Crippen molar-refractivity contribution in [1.29, 1.82) is 0 Å². The van der Waals surface area contributed by atoms with Gasteiger partial charge < -0.3 is 4.55 Å². The monoisotopic (exact) mass is 402 g/mol. The number of rotatable bonds is 4. The summed E-state index contributed by atoms with van der Waals surface area (Å²) in [6.45, 7) is 2.31. The lowest BCUT2D eigenvalue weighted by Crippen LogP contribution is -2.42. The maximum atomic E-state index is 13.2. The second kappa shape index (κ2) is 8.35. The molecule has 2 rings (SSSR count). The van der Waals surface area contributed by atoms with Crippen LogP contribution in [0.5, 0.6) is 0 Å². The maximum absolute atomic E-state index is 13.2. The Bertz CT molecular complexity index is 835. The molecule has 0 atom stereocenters. The summed E-state index contributed by atoms with van der Waals surface area (Å²) in [5.41, 5.74) is 1.06. The average molecular weight is 403 g/mol. The lowest BCUT2D eigenvalue weighted by Gasteiger charge is -2.05. The van der Waals surface area contributed by atoms with E-state index in [1.54, 1.807) is 18.2 Å². The molecule has 0 bridgehead atoms. The van der Waals surface area contributed by atoms with Crippen molar-refractivity contribution in [2.24, 2.45) is 7.05 Å². The van der Waals surface area contributed by atoms with Gasteiger partial charge in [-0.15, -0.1) is 0 Å². The van der Waals surface area contributed by atoms with Crippen LogP contribution in [0.4, 0.5) is 13.2 Å². The van der Waals surface area contributed by atoms with Crippen LogP contribution < -0.4 is 4.57 Å². The van der Waals surface area contributed by atoms with Crippen molar-refractivity contribution < 1.29 is 34.9 Å². The lowest BCUT2D eigenvalue weighted by molar-refractivity contribution is -0.692. The van der Waals surface area contributed by atoms with Crippen LogP contribution in [0.3, 0.4) is 0 Å². The molecule has 1 aromatic heterocycles. The van der Waals surface area contributed by atoms with E-state index in [-0.39, 0.29) is 0 Å². The van der Waals surface area contributed by atoms with Crippen molar-refractivity contribution in [2.75, 3.05) is 7.11 Å². The largest absolute Gasteiger partial charge is 0.726 e. The number of hydrogen-bond donors (Lipinski definition) is 0. The van der Waals surface area contributed by atoms with Crippen LogP contribution in [-0.4, -0.2) is 24.6 Å². The number of aromatic nitrogens is 2. The van der Waals surface area contributed by atoms with Crippen molar-refractivity contribution in [3.8, 4) is 0 Å². The predicted octanol–water partition coefficient (Wildman–Crippen LogP) is 3.03. The number of imidazole rings is 1. The summed E-state index contributed by atoms with van der Waals surface area (Å²) in [6.07, 6.45) is -2.84. The van der Waals surface area contributed by atoms with Crippen LogP contribution in [-0.2, 0) is 34.4 Å². The van der Waals surface area contributed by atoms with E-state index < -0.39 is 22.4 Å². The Labute approximate surface area is 148 Å². The first kappa shape index (κ1) is 21.7. The zero-order valence-corrected chi connectivity index (χ0v) is 15.4. The van der Waals surface area contributed by atoms with Crippen LogP contribution in [0, 0.1) is 0 Å². The predicted molar refractivity (Wildman–Crippen MR) is 84.7 cm³/mol. The molecule has 6 nitrogen and oxygen atoms in total. The van der Waals surface area contributed by atoms with E-state index in [2.05, 4.69) is 4.18 Å². The van der Waals surface area contributed by atoms with Gasteiger partial charge in [0.05, 0.1) is 20.7 Å². The number of hydrogen-bond acceptors (Lipinski definition) is 4. The first-order valence-corrected chi connectivity index (χ1v) is 8.90. The number of aryl methyl sites for hydroxylation is 2. The van der Waals surface area contributed by atoms with Gasteiger partial charge in [0, 0.05) is 11.1 Å². The van der Waals surface area contributed by atoms with Gasteiger partial charge in [0.15, 0.2) is 11.0 Å². The van der Waals surface area contributed by atoms with E-state index in [9.17, 15) is 26.1 Å². The van der Waals surface area contributed by atoms with E-state index >= 15 is 0 Å². The molecule has 0 amide bonds. The summed E-state index contributed by atoms with van der Waals surface area (Å²) in [5.74, 6) is -0.641. The van der Waals surface area contributed by atoms with Gasteiger partial charge in [-0.1, -0.05) is 24.9 Å². The topological polar surface area (TPSA) is 75.2 Å². The molecule has 0 aliphatic carbocycles. The summed E-state index contributed by atoms with van der Waals surface area (Å²) < 4.78 is 73.1. The third kappa shape index (κ3) is 5.84. The highest BCUT2D eigenvalue weighted by atomic mass is 35.5. The molecule has 11 heteroatoms. The number of alkyl halides is 3. The van der Waals surface area contributed by atoms with Crippen molar-refractivity contribution in [3.63, 3.8) is 0 Å². The molecule has 0 spiro atoms. The van der Waals surface area contributed by atoms with Crippen molar-refractivity contribution in [3.05, 3.63) is 29.0 Å². The number of halogens is 4. The molecule has 0 saturated heterocycles. The minimum atomic E-state index is -4.41. The zero-order valence-electron chi connectivity index (χ0n) is 13.8. The van der Waals surface area contributed by atoms with Gasteiger partial charge >= 0.3 is 12.0 Å². The van der Waals surface area contributed by atoms with Crippen molar-refractivity contribution in [2.45, 2.75) is 32.5 Å². The van der Waals surface area contributed by atoms with Crippen LogP contribution in [0.1, 0.15) is 25.6 Å². The van der Waals surface area contributed by atoms with Gasteiger partial charge in [-0.2, -0.15) is 13.2 Å². The van der Waals surface area contributed by atoms with Gasteiger partial charge in [0.1, 0.15) is 0 Å². The molecular formula is C14H18ClF3N2O4S. The van der Waals surface area contributed by atoms with Crippen LogP contribution >= 0.6 is 11.6 Å². The number of nitrogens with zero attached hydrogens (tertiary/aromatic N) is 2. The fraction of sp³-hybridized carbons (Fsp3) is 0.500. The molecule has 2 aromatic rings. The summed E-state index contributed by atoms with van der Waals surface area (Å²) in [6, 6.07) is 4.82. The fourth-order valence-electron chi connectivity index (χ4n) is 2.29. The third-order valence-electron chi connectivity index (χ3n) is 3.36. The van der Waals surface area contributed by atoms with Crippen LogP contribution in [0.2, 0.25) is 5.02 Å². The smallest absolute Gasteiger partial charge is 0.495 e.